The van der Waals surface area contributed by atoms with E-state index in [9.17, 15) is 0 Å². The Kier molecular flexibility index (Phi) is 2.19. The monoisotopic (exact) mass is 138 g/mol. The Morgan fingerprint density at radius 3 is 2.22 bits per heavy atom. The van der Waals surface area contributed by atoms with Gasteiger partial charge in [-0.15, -0.1) is 12.6 Å². The molecular weight excluding hydrogens is 131 g/mol. The minimum atomic E-state index is 0.105. The van der Waals surface area contributed by atoms with Gasteiger partial charge in [0, 0.05) is 4.90 Å². The zero-order chi connectivity index (χ0) is 6.69. The normalized spacial score (nSPS) is 9.11. The van der Waals surface area contributed by atoms with E-state index >= 15 is 0 Å². The predicted molar refractivity (Wildman–Crippen MR) is 42.7 cm³/mol. The van der Waals surface area contributed by atoms with Crippen molar-refractivity contribution in [3.63, 3.8) is 0 Å². The number of benzene rings is 1. The predicted octanol–water partition coefficient (Wildman–Crippen LogP) is -0.0556. The van der Waals surface area contributed by atoms with Crippen molar-refractivity contribution in [1.29, 1.82) is 0 Å². The molecule has 1 nitrogen and oxygen atoms in total. The molecule has 0 aliphatic rings. The van der Waals surface area contributed by atoms with Crippen LogP contribution in [0.5, 0.6) is 0 Å². The highest BCUT2D eigenvalue weighted by molar-refractivity contribution is 7.80. The minimum Gasteiger partial charge on any atom is -0.449 e. The highest BCUT2D eigenvalue weighted by atomic mass is 32.1. The van der Waals surface area contributed by atoms with E-state index in [1.807, 2.05) is 24.3 Å². The first kappa shape index (κ1) is 6.71. The first-order chi connectivity index (χ1) is 4.33. The van der Waals surface area contributed by atoms with Crippen molar-refractivity contribution in [2.45, 2.75) is 4.90 Å². The van der Waals surface area contributed by atoms with Crippen LogP contribution in [0.1, 0.15) is 0 Å². The van der Waals surface area contributed by atoms with Crippen LogP contribution in [0.4, 0.5) is 0 Å². The zero-order valence-electron chi connectivity index (χ0n) is 4.91. The number of rotatable bonds is 1. The lowest BCUT2D eigenvalue weighted by Crippen LogP contribution is -2.11. The highest BCUT2D eigenvalue weighted by Crippen LogP contribution is 1.99. The Labute approximate surface area is 60.4 Å². The molecule has 0 fully saturated rings. The van der Waals surface area contributed by atoms with Gasteiger partial charge in [-0.3, -0.25) is 0 Å². The number of thiol groups is 1. The van der Waals surface area contributed by atoms with Gasteiger partial charge in [-0.2, -0.15) is 0 Å². The Morgan fingerprint density at radius 2 is 1.78 bits per heavy atom. The largest absolute Gasteiger partial charge is 0.449 e. The maximum absolute atomic E-state index is 8.60. The summed E-state index contributed by atoms with van der Waals surface area (Å²) in [4.78, 5) is 0.923. The van der Waals surface area contributed by atoms with Crippen molar-refractivity contribution < 1.29 is 5.02 Å². The fraction of sp³-hybridized carbons (Fsp3) is 0. The van der Waals surface area contributed by atoms with E-state index in [1.54, 1.807) is 0 Å². The van der Waals surface area contributed by atoms with Crippen LogP contribution in [-0.2, 0) is 0 Å². The van der Waals surface area contributed by atoms with Crippen LogP contribution in [0.15, 0.2) is 29.2 Å². The molecule has 46 valence electrons. The van der Waals surface area contributed by atoms with E-state index in [1.165, 1.54) is 0 Å². The molecule has 0 unspecified atom stereocenters. The van der Waals surface area contributed by atoms with Gasteiger partial charge >= 0.3 is 7.48 Å². The summed E-state index contributed by atoms with van der Waals surface area (Å²) >= 11 is 4.09. The Bertz CT molecular complexity index is 185. The van der Waals surface area contributed by atoms with E-state index in [0.717, 1.165) is 10.4 Å². The van der Waals surface area contributed by atoms with E-state index in [-0.39, 0.29) is 7.48 Å². The van der Waals surface area contributed by atoms with Crippen LogP contribution in [0.2, 0.25) is 0 Å². The summed E-state index contributed by atoms with van der Waals surface area (Å²) in [7, 11) is 0.105. The molecular formula is C6H7BOS. The minimum absolute atomic E-state index is 0.105. The topological polar surface area (TPSA) is 20.2 Å². The molecule has 1 N–H and O–H groups in total. The molecule has 0 spiro atoms. The average Bonchev–Trinajstić information content (AvgIpc) is 1.90. The lowest BCUT2D eigenvalue weighted by atomic mass is 9.89. The molecule has 9 heavy (non-hydrogen) atoms. The van der Waals surface area contributed by atoms with Crippen LogP contribution in [-0.4, -0.2) is 12.5 Å². The van der Waals surface area contributed by atoms with Gasteiger partial charge in [-0.05, 0) is 12.1 Å². The fourth-order valence-electron chi connectivity index (χ4n) is 0.601. The summed E-state index contributed by atoms with van der Waals surface area (Å²) in [6.45, 7) is 0. The van der Waals surface area contributed by atoms with Gasteiger partial charge in [-0.1, -0.05) is 17.6 Å². The van der Waals surface area contributed by atoms with Crippen LogP contribution in [0, 0.1) is 0 Å². The van der Waals surface area contributed by atoms with Crippen molar-refractivity contribution in [3.05, 3.63) is 24.3 Å². The van der Waals surface area contributed by atoms with Crippen molar-refractivity contribution in [1.82, 2.24) is 0 Å². The molecule has 0 heterocycles. The SMILES string of the molecule is OBc1ccc(S)cc1. The average molecular weight is 138 g/mol. The van der Waals surface area contributed by atoms with Crippen LogP contribution in [0.3, 0.4) is 0 Å². The molecule has 1 aromatic carbocycles. The van der Waals surface area contributed by atoms with Crippen LogP contribution >= 0.6 is 12.6 Å². The second-order valence-electron chi connectivity index (χ2n) is 1.82. The van der Waals surface area contributed by atoms with Gasteiger partial charge in [0.1, 0.15) is 0 Å². The molecule has 1 rings (SSSR count). The van der Waals surface area contributed by atoms with Gasteiger partial charge < -0.3 is 5.02 Å². The second-order valence-corrected chi connectivity index (χ2v) is 2.34. The Hall–Kier alpha value is -0.405. The van der Waals surface area contributed by atoms with Gasteiger partial charge in [0.15, 0.2) is 0 Å². The van der Waals surface area contributed by atoms with E-state index in [4.69, 9.17) is 5.02 Å². The smallest absolute Gasteiger partial charge is 0.304 e. The molecule has 0 aliphatic carbocycles. The lowest BCUT2D eigenvalue weighted by molar-refractivity contribution is 0.615. The summed E-state index contributed by atoms with van der Waals surface area (Å²) in [5, 5.41) is 8.60. The second kappa shape index (κ2) is 2.94. The van der Waals surface area contributed by atoms with E-state index in [2.05, 4.69) is 12.6 Å². The molecule has 0 aromatic heterocycles. The molecule has 0 saturated heterocycles. The van der Waals surface area contributed by atoms with Crippen LogP contribution < -0.4 is 5.46 Å². The summed E-state index contributed by atoms with van der Waals surface area (Å²) in [5.41, 5.74) is 0.924. The highest BCUT2D eigenvalue weighted by Gasteiger charge is 1.89. The molecule has 0 amide bonds. The standard InChI is InChI=1S/C6H7BOS/c8-7-5-1-3-6(9)4-2-5/h1-4,7-9H. The lowest BCUT2D eigenvalue weighted by Gasteiger charge is -1.92. The molecule has 1 aromatic rings. The zero-order valence-corrected chi connectivity index (χ0v) is 5.81. The van der Waals surface area contributed by atoms with E-state index < -0.39 is 0 Å². The van der Waals surface area contributed by atoms with Gasteiger partial charge in [0.25, 0.3) is 0 Å². The molecule has 0 saturated carbocycles. The summed E-state index contributed by atoms with van der Waals surface area (Å²) in [5.74, 6) is 0. The van der Waals surface area contributed by atoms with E-state index in [0.29, 0.717) is 0 Å². The summed E-state index contributed by atoms with van der Waals surface area (Å²) in [6, 6.07) is 7.41. The summed E-state index contributed by atoms with van der Waals surface area (Å²) in [6.07, 6.45) is 0. The molecule has 0 bridgehead atoms. The van der Waals surface area contributed by atoms with Crippen LogP contribution in [0.25, 0.3) is 0 Å². The molecule has 3 heteroatoms. The van der Waals surface area contributed by atoms with Crippen molar-refractivity contribution in [2.75, 3.05) is 0 Å². The maximum atomic E-state index is 8.60. The third-order valence-corrected chi connectivity index (χ3v) is 1.42. The first-order valence-corrected chi connectivity index (χ1v) is 3.16. The third kappa shape index (κ3) is 1.77. The summed E-state index contributed by atoms with van der Waals surface area (Å²) < 4.78 is 0. The van der Waals surface area contributed by atoms with Crippen molar-refractivity contribution in [2.24, 2.45) is 0 Å². The molecule has 0 atom stereocenters. The van der Waals surface area contributed by atoms with Gasteiger partial charge in [0.2, 0.25) is 0 Å². The van der Waals surface area contributed by atoms with Gasteiger partial charge in [-0.25, -0.2) is 0 Å². The molecule has 0 radical (unpaired) electrons. The fourth-order valence-corrected chi connectivity index (χ4v) is 0.750. The first-order valence-electron chi connectivity index (χ1n) is 2.71. The third-order valence-electron chi connectivity index (χ3n) is 1.12. The van der Waals surface area contributed by atoms with Crippen molar-refractivity contribution >= 4 is 25.6 Å². The van der Waals surface area contributed by atoms with Gasteiger partial charge in [0.05, 0.1) is 0 Å². The Balaban J connectivity index is 2.88. The number of hydrogen-bond acceptors (Lipinski definition) is 2. The quantitative estimate of drug-likeness (QED) is 0.411. The Morgan fingerprint density at radius 1 is 1.22 bits per heavy atom. The number of hydrogen-bond donors (Lipinski definition) is 2. The van der Waals surface area contributed by atoms with Crippen molar-refractivity contribution in [3.8, 4) is 0 Å². The maximum Gasteiger partial charge on any atom is 0.304 e. The molecule has 0 aliphatic heterocycles.